The van der Waals surface area contributed by atoms with Gasteiger partial charge in [0, 0.05) is 12.6 Å². The molecule has 4 nitrogen and oxygen atoms in total. The molecular weight excluding hydrogens is 238 g/mol. The number of pyridine rings is 1. The molecule has 0 unspecified atom stereocenters. The van der Waals surface area contributed by atoms with Crippen LogP contribution in [-0.2, 0) is 12.4 Å². The molecule has 5 heteroatoms. The lowest BCUT2D eigenvalue weighted by Gasteiger charge is -2.02. The summed E-state index contributed by atoms with van der Waals surface area (Å²) < 4.78 is 7.44. The number of hydrogen-bond donors (Lipinski definition) is 0. The molecule has 0 atom stereocenters. The van der Waals surface area contributed by atoms with Gasteiger partial charge in [0.1, 0.15) is 0 Å². The number of nitrogens with zero attached hydrogens (tertiary/aromatic N) is 3. The van der Waals surface area contributed by atoms with Crippen molar-refractivity contribution in [1.29, 1.82) is 0 Å². The monoisotopic (exact) mass is 251 g/mol. The van der Waals surface area contributed by atoms with Crippen molar-refractivity contribution in [2.75, 3.05) is 0 Å². The number of aryl methyl sites for hydroxylation is 1. The Morgan fingerprint density at radius 3 is 3.06 bits per heavy atom. The van der Waals surface area contributed by atoms with Crippen LogP contribution in [-0.4, -0.2) is 14.8 Å². The van der Waals surface area contributed by atoms with Gasteiger partial charge in [0.15, 0.2) is 5.75 Å². The van der Waals surface area contributed by atoms with E-state index in [2.05, 4.69) is 17.0 Å². The molecule has 0 amide bonds. The highest BCUT2D eigenvalue weighted by Gasteiger charge is 2.02. The Kier molecular flexibility index (Phi) is 3.98. The lowest BCUT2D eigenvalue weighted by molar-refractivity contribution is 0.460. The second kappa shape index (κ2) is 5.68. The van der Waals surface area contributed by atoms with Gasteiger partial charge in [-0.25, -0.2) is 4.98 Å². The van der Waals surface area contributed by atoms with Crippen molar-refractivity contribution in [1.82, 2.24) is 14.8 Å². The van der Waals surface area contributed by atoms with Gasteiger partial charge >= 0.3 is 0 Å². The molecule has 0 fully saturated rings. The van der Waals surface area contributed by atoms with E-state index >= 15 is 0 Å². The highest BCUT2D eigenvalue weighted by Crippen LogP contribution is 2.19. The summed E-state index contributed by atoms with van der Waals surface area (Å²) in [5, 5.41) is 4.18. The molecule has 0 aliphatic carbocycles. The average molecular weight is 252 g/mol. The standard InChI is InChI=1S/C12H14ClN3O/c1-2-6-16-9-11(8-14-16)17-12-5-3-4-10(7-13)15-12/h3-5,8-9H,2,6-7H2,1H3. The Morgan fingerprint density at radius 1 is 1.41 bits per heavy atom. The largest absolute Gasteiger partial charge is 0.436 e. The van der Waals surface area contributed by atoms with Gasteiger partial charge in [-0.15, -0.1) is 11.6 Å². The SMILES string of the molecule is CCCn1cc(Oc2cccc(CCl)n2)cn1. The van der Waals surface area contributed by atoms with Gasteiger partial charge < -0.3 is 4.74 Å². The number of halogens is 1. The van der Waals surface area contributed by atoms with Crippen LogP contribution in [0.1, 0.15) is 19.0 Å². The minimum atomic E-state index is 0.381. The third kappa shape index (κ3) is 3.20. The minimum absolute atomic E-state index is 0.381. The van der Waals surface area contributed by atoms with Gasteiger partial charge in [0.25, 0.3) is 0 Å². The van der Waals surface area contributed by atoms with Crippen LogP contribution in [0, 0.1) is 0 Å². The predicted octanol–water partition coefficient (Wildman–Crippen LogP) is 3.22. The van der Waals surface area contributed by atoms with Gasteiger partial charge in [-0.3, -0.25) is 4.68 Å². The molecule has 2 aromatic rings. The molecule has 0 bridgehead atoms. The van der Waals surface area contributed by atoms with Crippen molar-refractivity contribution in [2.24, 2.45) is 0 Å². The van der Waals surface area contributed by atoms with E-state index in [1.54, 1.807) is 12.3 Å². The first-order valence-electron chi connectivity index (χ1n) is 5.54. The third-order valence-corrected chi connectivity index (χ3v) is 2.48. The van der Waals surface area contributed by atoms with Crippen LogP contribution in [0.3, 0.4) is 0 Å². The smallest absolute Gasteiger partial charge is 0.219 e. The van der Waals surface area contributed by atoms with Crippen molar-refractivity contribution < 1.29 is 4.74 Å². The van der Waals surface area contributed by atoms with Crippen LogP contribution >= 0.6 is 11.6 Å². The zero-order valence-corrected chi connectivity index (χ0v) is 10.4. The van der Waals surface area contributed by atoms with Gasteiger partial charge in [-0.1, -0.05) is 13.0 Å². The molecule has 2 heterocycles. The van der Waals surface area contributed by atoms with Gasteiger partial charge in [-0.2, -0.15) is 5.10 Å². The van der Waals surface area contributed by atoms with Gasteiger partial charge in [0.05, 0.1) is 24.0 Å². The maximum atomic E-state index is 5.71. The van der Waals surface area contributed by atoms with Crippen LogP contribution < -0.4 is 4.74 Å². The van der Waals surface area contributed by atoms with Crippen LogP contribution in [0.5, 0.6) is 11.6 Å². The minimum Gasteiger partial charge on any atom is -0.436 e. The Labute approximate surface area is 105 Å². The van der Waals surface area contributed by atoms with E-state index in [-0.39, 0.29) is 0 Å². The fourth-order valence-electron chi connectivity index (χ4n) is 1.46. The molecule has 0 spiro atoms. The lowest BCUT2D eigenvalue weighted by atomic mass is 10.4. The first-order valence-corrected chi connectivity index (χ1v) is 6.07. The molecule has 2 aromatic heterocycles. The van der Waals surface area contributed by atoms with Crippen molar-refractivity contribution in [3.63, 3.8) is 0 Å². The number of rotatable bonds is 5. The second-order valence-corrected chi connectivity index (χ2v) is 3.91. The van der Waals surface area contributed by atoms with E-state index in [9.17, 15) is 0 Å². The lowest BCUT2D eigenvalue weighted by Crippen LogP contribution is -1.95. The number of hydrogen-bond acceptors (Lipinski definition) is 3. The maximum absolute atomic E-state index is 5.71. The Balaban J connectivity index is 2.08. The molecule has 0 aliphatic heterocycles. The molecule has 2 rings (SSSR count). The molecule has 0 saturated carbocycles. The summed E-state index contributed by atoms with van der Waals surface area (Å²) in [6.07, 6.45) is 4.59. The summed E-state index contributed by atoms with van der Waals surface area (Å²) in [5.41, 5.74) is 0.796. The summed E-state index contributed by atoms with van der Waals surface area (Å²) in [7, 11) is 0. The van der Waals surface area contributed by atoms with Crippen molar-refractivity contribution >= 4 is 11.6 Å². The molecule has 90 valence electrons. The highest BCUT2D eigenvalue weighted by atomic mass is 35.5. The predicted molar refractivity (Wildman–Crippen MR) is 66.4 cm³/mol. The van der Waals surface area contributed by atoms with Crippen molar-refractivity contribution in [2.45, 2.75) is 25.8 Å². The summed E-state index contributed by atoms with van der Waals surface area (Å²) in [4.78, 5) is 4.25. The molecule has 0 radical (unpaired) electrons. The summed E-state index contributed by atoms with van der Waals surface area (Å²) in [6, 6.07) is 5.53. The van der Waals surface area contributed by atoms with E-state index in [0.29, 0.717) is 17.5 Å². The highest BCUT2D eigenvalue weighted by molar-refractivity contribution is 6.16. The molecule has 17 heavy (non-hydrogen) atoms. The first kappa shape index (κ1) is 11.9. The van der Waals surface area contributed by atoms with Crippen LogP contribution in [0.25, 0.3) is 0 Å². The maximum Gasteiger partial charge on any atom is 0.219 e. The Hall–Kier alpha value is -1.55. The van der Waals surface area contributed by atoms with E-state index in [4.69, 9.17) is 16.3 Å². The Bertz CT molecular complexity index is 484. The quantitative estimate of drug-likeness (QED) is 0.766. The summed E-state index contributed by atoms with van der Waals surface area (Å²) in [6.45, 7) is 2.99. The molecule has 0 N–H and O–H groups in total. The van der Waals surface area contributed by atoms with E-state index in [0.717, 1.165) is 18.7 Å². The number of ether oxygens (including phenoxy) is 1. The van der Waals surface area contributed by atoms with E-state index < -0.39 is 0 Å². The van der Waals surface area contributed by atoms with Gasteiger partial charge in [-0.05, 0) is 12.5 Å². The average Bonchev–Trinajstić information content (AvgIpc) is 2.77. The topological polar surface area (TPSA) is 39.9 Å². The first-order chi connectivity index (χ1) is 8.31. The zero-order valence-electron chi connectivity index (χ0n) is 9.64. The number of alkyl halides is 1. The molecular formula is C12H14ClN3O. The molecule has 0 aliphatic rings. The number of aromatic nitrogens is 3. The van der Waals surface area contributed by atoms with Crippen LogP contribution in [0.2, 0.25) is 0 Å². The summed E-state index contributed by atoms with van der Waals surface area (Å²) >= 11 is 5.71. The fraction of sp³-hybridized carbons (Fsp3) is 0.333. The third-order valence-electron chi connectivity index (χ3n) is 2.20. The molecule has 0 aromatic carbocycles. The van der Waals surface area contributed by atoms with Crippen molar-refractivity contribution in [3.8, 4) is 11.6 Å². The van der Waals surface area contributed by atoms with Crippen molar-refractivity contribution in [3.05, 3.63) is 36.3 Å². The molecule has 0 saturated heterocycles. The Morgan fingerprint density at radius 2 is 2.29 bits per heavy atom. The van der Waals surface area contributed by atoms with E-state index in [1.807, 2.05) is 23.0 Å². The van der Waals surface area contributed by atoms with Crippen LogP contribution in [0.15, 0.2) is 30.6 Å². The van der Waals surface area contributed by atoms with Crippen LogP contribution in [0.4, 0.5) is 0 Å². The van der Waals surface area contributed by atoms with E-state index in [1.165, 1.54) is 0 Å². The second-order valence-electron chi connectivity index (χ2n) is 3.64. The fourth-order valence-corrected chi connectivity index (χ4v) is 1.61. The zero-order chi connectivity index (χ0) is 12.1. The van der Waals surface area contributed by atoms with Gasteiger partial charge in [0.2, 0.25) is 5.88 Å². The summed E-state index contributed by atoms with van der Waals surface area (Å²) in [5.74, 6) is 1.61. The normalized spacial score (nSPS) is 10.5.